The molecular formula is C15H8F6N5O2RhS-. The Balaban J connectivity index is 0.00000320. The molecule has 1 radical (unpaired) electrons. The van der Waals surface area contributed by atoms with Gasteiger partial charge in [0.15, 0.2) is 11.5 Å². The third kappa shape index (κ3) is 4.83. The predicted molar refractivity (Wildman–Crippen MR) is 84.7 cm³/mol. The molecule has 3 aromatic rings. The molecule has 30 heavy (non-hydrogen) atoms. The number of aryl methyl sites for hydroxylation is 1. The zero-order valence-electron chi connectivity index (χ0n) is 14.4. The normalized spacial score (nSPS) is 13.0. The maximum Gasteiger partial charge on any atom is 0.404 e. The van der Waals surface area contributed by atoms with E-state index < -0.39 is 46.5 Å². The molecule has 3 rings (SSSR count). The molecular weight excluding hydrogens is 531 g/mol. The Hall–Kier alpha value is -2.41. The summed E-state index contributed by atoms with van der Waals surface area (Å²) in [7, 11) is 0. The van der Waals surface area contributed by atoms with Gasteiger partial charge < -0.3 is 14.8 Å². The SMILES string of the molecule is Cc1sc(C(c2cccc(-n3[c-]nc(C(F)(F)F)n3)n2)C(F)(F)F)nc1C(=O)O.[Rh]. The van der Waals surface area contributed by atoms with Gasteiger partial charge in [-0.3, -0.25) is 4.98 Å². The molecule has 0 aromatic carbocycles. The number of halogens is 6. The van der Waals surface area contributed by atoms with Crippen LogP contribution in [0.25, 0.3) is 5.82 Å². The number of carboxylic acid groups (broad SMARTS) is 1. The van der Waals surface area contributed by atoms with Gasteiger partial charge in [0.25, 0.3) is 0 Å². The van der Waals surface area contributed by atoms with E-state index in [2.05, 4.69) is 20.1 Å². The summed E-state index contributed by atoms with van der Waals surface area (Å²) in [4.78, 5) is 21.4. The van der Waals surface area contributed by atoms with E-state index in [1.54, 1.807) is 0 Å². The van der Waals surface area contributed by atoms with Gasteiger partial charge in [0.1, 0.15) is 10.9 Å². The first kappa shape index (κ1) is 23.9. The number of aromatic carboxylic acids is 1. The number of aromatic nitrogens is 5. The maximum absolute atomic E-state index is 13.7. The van der Waals surface area contributed by atoms with Gasteiger partial charge >= 0.3 is 18.3 Å². The minimum atomic E-state index is -4.89. The topological polar surface area (TPSA) is 93.8 Å². The number of carboxylic acids is 1. The Morgan fingerprint density at radius 3 is 2.37 bits per heavy atom. The summed E-state index contributed by atoms with van der Waals surface area (Å²) in [6.07, 6.45) is -7.85. The van der Waals surface area contributed by atoms with Gasteiger partial charge in [-0.05, 0) is 13.0 Å². The predicted octanol–water partition coefficient (Wildman–Crippen LogP) is 3.64. The van der Waals surface area contributed by atoms with Crippen molar-refractivity contribution in [2.24, 2.45) is 0 Å². The van der Waals surface area contributed by atoms with Crippen molar-refractivity contribution in [2.45, 2.75) is 25.2 Å². The van der Waals surface area contributed by atoms with Crippen molar-refractivity contribution in [3.63, 3.8) is 0 Å². The molecule has 0 aliphatic rings. The molecule has 163 valence electrons. The summed E-state index contributed by atoms with van der Waals surface area (Å²) in [6.45, 7) is 1.31. The Kier molecular flexibility index (Phi) is 6.67. The minimum Gasteiger partial charge on any atom is -0.476 e. The zero-order chi connectivity index (χ0) is 21.6. The smallest absolute Gasteiger partial charge is 0.404 e. The van der Waals surface area contributed by atoms with Crippen LogP contribution in [0.4, 0.5) is 26.3 Å². The molecule has 0 amide bonds. The van der Waals surface area contributed by atoms with E-state index >= 15 is 0 Å². The molecule has 0 bridgehead atoms. The van der Waals surface area contributed by atoms with Gasteiger partial charge in [0, 0.05) is 36.4 Å². The second-order valence-corrected chi connectivity index (χ2v) is 6.84. The van der Waals surface area contributed by atoms with Crippen LogP contribution >= 0.6 is 11.3 Å². The molecule has 1 N–H and O–H groups in total. The van der Waals surface area contributed by atoms with E-state index in [1.165, 1.54) is 6.92 Å². The average molecular weight is 539 g/mol. The maximum atomic E-state index is 13.7. The number of nitrogens with zero attached hydrogens (tertiary/aromatic N) is 5. The Bertz CT molecular complexity index is 1060. The fourth-order valence-electron chi connectivity index (χ4n) is 2.35. The summed E-state index contributed by atoms with van der Waals surface area (Å²) in [5.74, 6) is -5.78. The quantitative estimate of drug-likeness (QED) is 0.309. The molecule has 0 saturated carbocycles. The summed E-state index contributed by atoms with van der Waals surface area (Å²) < 4.78 is 79.5. The van der Waals surface area contributed by atoms with Gasteiger partial charge in [0.05, 0.1) is 5.82 Å². The fourth-order valence-corrected chi connectivity index (χ4v) is 3.40. The first-order chi connectivity index (χ1) is 13.4. The van der Waals surface area contributed by atoms with Crippen LogP contribution in [0.2, 0.25) is 0 Å². The largest absolute Gasteiger partial charge is 0.476 e. The van der Waals surface area contributed by atoms with E-state index in [1.807, 2.05) is 6.33 Å². The van der Waals surface area contributed by atoms with Gasteiger partial charge in [-0.1, -0.05) is 12.1 Å². The van der Waals surface area contributed by atoms with E-state index in [0.29, 0.717) is 16.0 Å². The van der Waals surface area contributed by atoms with Crippen LogP contribution in [0.3, 0.4) is 0 Å². The van der Waals surface area contributed by atoms with Crippen molar-refractivity contribution in [2.75, 3.05) is 0 Å². The van der Waals surface area contributed by atoms with Crippen molar-refractivity contribution in [1.29, 1.82) is 0 Å². The summed E-state index contributed by atoms with van der Waals surface area (Å²) >= 11 is 0.538. The number of pyridine rings is 1. The van der Waals surface area contributed by atoms with Crippen molar-refractivity contribution in [3.05, 3.63) is 51.6 Å². The van der Waals surface area contributed by atoms with Crippen LogP contribution in [0.1, 0.15) is 37.8 Å². The molecule has 7 nitrogen and oxygen atoms in total. The number of hydrogen-bond donors (Lipinski definition) is 1. The second-order valence-electron chi connectivity index (χ2n) is 5.60. The monoisotopic (exact) mass is 539 g/mol. The third-order valence-corrected chi connectivity index (χ3v) is 4.59. The molecule has 0 spiro atoms. The molecule has 15 heteroatoms. The van der Waals surface area contributed by atoms with Gasteiger partial charge in [0.2, 0.25) is 0 Å². The molecule has 0 aliphatic carbocycles. The Morgan fingerprint density at radius 2 is 1.87 bits per heavy atom. The van der Waals surface area contributed by atoms with Crippen LogP contribution in [-0.2, 0) is 25.7 Å². The minimum absolute atomic E-state index is 0. The van der Waals surface area contributed by atoms with E-state index in [9.17, 15) is 31.1 Å². The van der Waals surface area contributed by atoms with Gasteiger partial charge in [-0.25, -0.2) is 14.9 Å². The van der Waals surface area contributed by atoms with E-state index in [0.717, 1.165) is 18.2 Å². The van der Waals surface area contributed by atoms with Crippen molar-refractivity contribution >= 4 is 17.3 Å². The van der Waals surface area contributed by atoms with Crippen LogP contribution in [0.15, 0.2) is 18.2 Å². The van der Waals surface area contributed by atoms with Crippen molar-refractivity contribution < 1.29 is 55.7 Å². The standard InChI is InChI=1S/C15H8F6N5O2S.Rh/c1-6-10(12(27)28)24-11(29-6)9(14(16,17)18)7-3-2-4-8(23-7)26-5-22-13(25-26)15(19,20)21;/h2-4,9H,1H3,(H,27,28);/q-1;. The van der Waals surface area contributed by atoms with E-state index in [4.69, 9.17) is 5.11 Å². The number of alkyl halides is 6. The van der Waals surface area contributed by atoms with Gasteiger partial charge in [-0.15, -0.1) is 11.3 Å². The van der Waals surface area contributed by atoms with Gasteiger partial charge in [-0.2, -0.15) is 26.3 Å². The third-order valence-electron chi connectivity index (χ3n) is 3.56. The molecule has 3 aromatic heterocycles. The molecule has 1 unspecified atom stereocenters. The van der Waals surface area contributed by atoms with Crippen LogP contribution in [-0.4, -0.2) is 42.0 Å². The molecule has 0 saturated heterocycles. The molecule has 0 aliphatic heterocycles. The Labute approximate surface area is 180 Å². The van der Waals surface area contributed by atoms with E-state index in [-0.39, 0.29) is 30.2 Å². The second kappa shape index (κ2) is 8.38. The number of hydrogen-bond acceptors (Lipinski definition) is 6. The molecule has 1 atom stereocenters. The molecule has 3 heterocycles. The Morgan fingerprint density at radius 1 is 1.20 bits per heavy atom. The van der Waals surface area contributed by atoms with Crippen LogP contribution in [0, 0.1) is 13.3 Å². The summed E-state index contributed by atoms with van der Waals surface area (Å²) in [5, 5.41) is 11.6. The first-order valence-electron chi connectivity index (χ1n) is 7.54. The van der Waals surface area contributed by atoms with Crippen molar-refractivity contribution in [3.8, 4) is 5.82 Å². The average Bonchev–Trinajstić information content (AvgIpc) is 3.21. The first-order valence-corrected chi connectivity index (χ1v) is 8.36. The van der Waals surface area contributed by atoms with Crippen LogP contribution in [0.5, 0.6) is 0 Å². The zero-order valence-corrected chi connectivity index (χ0v) is 16.9. The van der Waals surface area contributed by atoms with Crippen LogP contribution < -0.4 is 0 Å². The number of thiazole rings is 1. The fraction of sp³-hybridized carbons (Fsp3) is 0.267. The number of rotatable bonds is 4. The number of carbonyl (C=O) groups is 1. The molecule has 0 fully saturated rings. The summed E-state index contributed by atoms with van der Waals surface area (Å²) in [6, 6.07) is 3.26. The summed E-state index contributed by atoms with van der Waals surface area (Å²) in [5.41, 5.74) is -1.12. The van der Waals surface area contributed by atoms with Crippen molar-refractivity contribution in [1.82, 2.24) is 24.7 Å².